The first-order chi connectivity index (χ1) is 19.7. The molecular weight excluding hydrogens is 492 g/mol. The second kappa shape index (κ2) is 9.71. The fourth-order valence-electron chi connectivity index (χ4n) is 5.48. The highest BCUT2D eigenvalue weighted by atomic mass is 16.1. The van der Waals surface area contributed by atoms with E-state index in [0.29, 0.717) is 28.7 Å². The zero-order chi connectivity index (χ0) is 27.1. The van der Waals surface area contributed by atoms with Crippen LogP contribution in [0.1, 0.15) is 39.3 Å². The van der Waals surface area contributed by atoms with Gasteiger partial charge in [0.15, 0.2) is 0 Å². The summed E-state index contributed by atoms with van der Waals surface area (Å²) in [4.78, 5) is 26.0. The number of para-hydroxylation sites is 1. The summed E-state index contributed by atoms with van der Waals surface area (Å²) >= 11 is 0. The molecule has 0 aliphatic carbocycles. The molecule has 5 aromatic rings. The number of benzene rings is 3. The van der Waals surface area contributed by atoms with Crippen molar-refractivity contribution < 1.29 is 4.79 Å². The number of rotatable bonds is 2. The van der Waals surface area contributed by atoms with Crippen LogP contribution in [0.3, 0.4) is 0 Å². The minimum Gasteiger partial charge on any atom is -0.399 e. The molecule has 2 aliphatic rings. The first-order valence-corrected chi connectivity index (χ1v) is 13.3. The molecular formula is C35H26N4O. The molecule has 2 aromatic heterocycles. The lowest BCUT2D eigenvalue weighted by atomic mass is 9.98. The monoisotopic (exact) mass is 518 g/mol. The van der Waals surface area contributed by atoms with Crippen LogP contribution in [0.4, 0.5) is 0 Å². The van der Waals surface area contributed by atoms with Gasteiger partial charge in [0.25, 0.3) is 0 Å². The van der Waals surface area contributed by atoms with Gasteiger partial charge in [-0.2, -0.15) is 0 Å². The second-order valence-corrected chi connectivity index (χ2v) is 9.94. The number of Topliss-reactive ketones (excluding diaryl/α,β-unsaturated/α-hetero) is 1. The van der Waals surface area contributed by atoms with Gasteiger partial charge >= 0.3 is 0 Å². The molecule has 192 valence electrons. The molecule has 4 heterocycles. The Balaban J connectivity index is 1.60. The van der Waals surface area contributed by atoms with Crippen molar-refractivity contribution in [3.05, 3.63) is 176 Å². The molecule has 3 aromatic carbocycles. The van der Waals surface area contributed by atoms with Gasteiger partial charge in [-0.15, -0.1) is 0 Å². The summed E-state index contributed by atoms with van der Waals surface area (Å²) < 4.78 is 0. The van der Waals surface area contributed by atoms with Gasteiger partial charge in [-0.1, -0.05) is 78.9 Å². The number of H-pyrrole nitrogens is 2. The van der Waals surface area contributed by atoms with Crippen LogP contribution in [0.2, 0.25) is 0 Å². The Morgan fingerprint density at radius 3 is 2.27 bits per heavy atom. The maximum Gasteiger partial charge on any atom is 0.214 e. The summed E-state index contributed by atoms with van der Waals surface area (Å²) in [5, 5.41) is 3.50. The zero-order valence-corrected chi connectivity index (χ0v) is 21.7. The third-order valence-electron chi connectivity index (χ3n) is 7.37. The van der Waals surface area contributed by atoms with Crippen molar-refractivity contribution in [2.24, 2.45) is 10.7 Å². The Bertz CT molecular complexity index is 2090. The summed E-state index contributed by atoms with van der Waals surface area (Å²) in [6.07, 6.45) is 6.62. The highest BCUT2D eigenvalue weighted by Gasteiger charge is 2.26. The average molecular weight is 519 g/mol. The standard InChI is InChI=1S/C35H26N4O/c36-24-13-7-14-26(22-9-3-1-4-10-22)29-19-20-30(38-29)27-15-8-16-28-33(27)39-34(35(28)40)32(23-11-5-2-6-12-23)31-18-17-25(21-24)37-31/h1-13,15-21,37-38H,14,36H2/b13-7-,24-21-,29-26+,30-27-,34-32-. The third-order valence-corrected chi connectivity index (χ3v) is 7.37. The van der Waals surface area contributed by atoms with E-state index < -0.39 is 0 Å². The molecule has 0 amide bonds. The highest BCUT2D eigenvalue weighted by molar-refractivity contribution is 6.16. The summed E-state index contributed by atoms with van der Waals surface area (Å²) in [5.74, 6) is -0.0886. The number of carbonyl (C=O) groups is 1. The van der Waals surface area contributed by atoms with Crippen LogP contribution in [0.5, 0.6) is 0 Å². The van der Waals surface area contributed by atoms with E-state index in [4.69, 9.17) is 10.7 Å². The van der Waals surface area contributed by atoms with Crippen LogP contribution >= 0.6 is 0 Å². The number of aromatic nitrogens is 2. The number of nitrogens with two attached hydrogens (primary N) is 1. The lowest BCUT2D eigenvalue weighted by Gasteiger charge is -2.08. The maximum atomic E-state index is 13.9. The Kier molecular flexibility index (Phi) is 5.75. The fourth-order valence-corrected chi connectivity index (χ4v) is 5.48. The zero-order valence-electron chi connectivity index (χ0n) is 21.7. The van der Waals surface area contributed by atoms with Gasteiger partial charge in [0.2, 0.25) is 5.78 Å². The number of allylic oxidation sites excluding steroid dienone is 3. The van der Waals surface area contributed by atoms with Gasteiger partial charge in [-0.3, -0.25) is 4.79 Å². The summed E-state index contributed by atoms with van der Waals surface area (Å²) in [6, 6.07) is 34.2. The van der Waals surface area contributed by atoms with Crippen molar-refractivity contribution >= 4 is 23.0 Å². The van der Waals surface area contributed by atoms with Gasteiger partial charge < -0.3 is 15.7 Å². The third kappa shape index (κ3) is 4.14. The van der Waals surface area contributed by atoms with Gasteiger partial charge in [0.1, 0.15) is 5.70 Å². The predicted octanol–water partition coefficient (Wildman–Crippen LogP) is 5.36. The average Bonchev–Trinajstić information content (AvgIpc) is 3.72. The van der Waals surface area contributed by atoms with E-state index >= 15 is 0 Å². The second-order valence-electron chi connectivity index (χ2n) is 9.94. The molecule has 6 bridgehead atoms. The minimum absolute atomic E-state index is 0.0886. The molecule has 4 N–H and O–H groups in total. The van der Waals surface area contributed by atoms with Crippen molar-refractivity contribution in [2.75, 3.05) is 0 Å². The first kappa shape index (κ1) is 23.7. The Hall–Kier alpha value is -5.42. The number of ketones is 1. The van der Waals surface area contributed by atoms with Crippen molar-refractivity contribution in [3.63, 3.8) is 0 Å². The molecule has 0 spiro atoms. The quantitative estimate of drug-likeness (QED) is 0.294. The predicted molar refractivity (Wildman–Crippen MR) is 158 cm³/mol. The number of aromatic amines is 2. The Morgan fingerprint density at radius 1 is 0.725 bits per heavy atom. The fraction of sp³-hybridized carbons (Fsp3) is 0.0286. The van der Waals surface area contributed by atoms with Crippen molar-refractivity contribution in [1.29, 1.82) is 0 Å². The van der Waals surface area contributed by atoms with Crippen LogP contribution in [-0.2, 0) is 0 Å². The molecule has 0 saturated carbocycles. The summed E-state index contributed by atoms with van der Waals surface area (Å²) in [6.45, 7) is 0. The van der Waals surface area contributed by atoms with Gasteiger partial charge in [0, 0.05) is 38.6 Å². The maximum absolute atomic E-state index is 13.9. The van der Waals surface area contributed by atoms with Crippen LogP contribution < -0.4 is 16.4 Å². The SMILES string of the molecule is NC1=C\c2ccc([nH]2)/C(c2ccccc2)=C2N=c3c(ccc/c3=c3\cc/c([nH]3)=C(\c3ccccc3)C/C=C\1)C\2=O. The largest absolute Gasteiger partial charge is 0.399 e. The molecule has 2 aliphatic heterocycles. The molecule has 5 nitrogen and oxygen atoms in total. The van der Waals surface area contributed by atoms with E-state index in [9.17, 15) is 4.79 Å². The molecule has 0 saturated heterocycles. The van der Waals surface area contributed by atoms with Gasteiger partial charge in [-0.25, -0.2) is 4.99 Å². The van der Waals surface area contributed by atoms with E-state index in [1.54, 1.807) is 0 Å². The number of nitrogens with one attached hydrogen (secondary N) is 2. The van der Waals surface area contributed by atoms with Crippen LogP contribution in [0, 0.1) is 10.6 Å². The van der Waals surface area contributed by atoms with Crippen LogP contribution in [0.25, 0.3) is 17.2 Å². The Labute approximate surface area is 230 Å². The van der Waals surface area contributed by atoms with E-state index in [-0.39, 0.29) is 5.78 Å². The summed E-state index contributed by atoms with van der Waals surface area (Å²) in [5.41, 5.74) is 13.7. The molecule has 7 rings (SSSR count). The number of nitrogens with zero attached hydrogens (tertiary/aromatic N) is 1. The first-order valence-electron chi connectivity index (χ1n) is 13.3. The number of hydrogen-bond acceptors (Lipinski definition) is 3. The van der Waals surface area contributed by atoms with E-state index in [1.807, 2.05) is 91.0 Å². The summed E-state index contributed by atoms with van der Waals surface area (Å²) in [7, 11) is 0. The number of carbonyl (C=O) groups excluding carboxylic acids is 1. The van der Waals surface area contributed by atoms with Gasteiger partial charge in [0.05, 0.1) is 10.9 Å². The molecule has 0 atom stereocenters. The van der Waals surface area contributed by atoms with E-state index in [0.717, 1.165) is 49.6 Å². The highest BCUT2D eigenvalue weighted by Crippen LogP contribution is 2.31. The van der Waals surface area contributed by atoms with Crippen LogP contribution in [-0.4, -0.2) is 15.8 Å². The molecule has 0 unspecified atom stereocenters. The van der Waals surface area contributed by atoms with E-state index in [2.05, 4.69) is 40.3 Å². The molecule has 0 fully saturated rings. The lowest BCUT2D eigenvalue weighted by Crippen LogP contribution is -2.11. The van der Waals surface area contributed by atoms with E-state index in [1.165, 1.54) is 0 Å². The van der Waals surface area contributed by atoms with Crippen LogP contribution in [0.15, 0.2) is 132 Å². The normalized spacial score (nSPS) is 20.8. The molecule has 0 radical (unpaired) electrons. The topological polar surface area (TPSA) is 87.0 Å². The lowest BCUT2D eigenvalue weighted by molar-refractivity contribution is 0.103. The molecule has 5 heteroatoms. The van der Waals surface area contributed by atoms with Crippen molar-refractivity contribution in [3.8, 4) is 0 Å². The minimum atomic E-state index is -0.0886. The molecule has 40 heavy (non-hydrogen) atoms. The van der Waals surface area contributed by atoms with Crippen molar-refractivity contribution in [1.82, 2.24) is 9.97 Å². The number of fused-ring (bicyclic) bond motifs is 5. The number of hydrogen-bond donors (Lipinski definition) is 3. The van der Waals surface area contributed by atoms with Gasteiger partial charge in [-0.05, 0) is 65.6 Å². The Morgan fingerprint density at radius 2 is 1.48 bits per heavy atom. The smallest absolute Gasteiger partial charge is 0.214 e. The van der Waals surface area contributed by atoms with Crippen molar-refractivity contribution in [2.45, 2.75) is 6.42 Å².